The van der Waals surface area contributed by atoms with Gasteiger partial charge in [-0.25, -0.2) is 0 Å². The second-order valence-corrected chi connectivity index (χ2v) is 4.93. The van der Waals surface area contributed by atoms with Gasteiger partial charge in [-0.2, -0.15) is 0 Å². The second kappa shape index (κ2) is 6.88. The number of benzene rings is 1. The van der Waals surface area contributed by atoms with Gasteiger partial charge in [0, 0.05) is 32.8 Å². The number of methoxy groups -OCH3 is 2. The highest BCUT2D eigenvalue weighted by Gasteiger charge is 2.31. The molecule has 0 heterocycles. The van der Waals surface area contributed by atoms with Crippen LogP contribution in [0, 0.1) is 5.92 Å². The van der Waals surface area contributed by atoms with Gasteiger partial charge in [0.2, 0.25) is 0 Å². The van der Waals surface area contributed by atoms with Crippen LogP contribution in [-0.2, 0) is 21.7 Å². The lowest BCUT2D eigenvalue weighted by molar-refractivity contribution is -0.224. The van der Waals surface area contributed by atoms with Crippen molar-refractivity contribution in [2.24, 2.45) is 5.92 Å². The van der Waals surface area contributed by atoms with E-state index in [0.29, 0.717) is 12.3 Å². The van der Waals surface area contributed by atoms with Crippen molar-refractivity contribution in [2.75, 3.05) is 20.8 Å². The van der Waals surface area contributed by atoms with Crippen molar-refractivity contribution in [1.82, 2.24) is 0 Å². The molecule has 1 aromatic rings. The van der Waals surface area contributed by atoms with E-state index in [1.165, 1.54) is 5.56 Å². The first-order chi connectivity index (χ1) is 8.57. The van der Waals surface area contributed by atoms with Crippen LogP contribution in [-0.4, -0.2) is 25.9 Å². The molecule has 0 radical (unpaired) electrons. The molecule has 3 heteroatoms. The van der Waals surface area contributed by atoms with Gasteiger partial charge < -0.3 is 14.6 Å². The summed E-state index contributed by atoms with van der Waals surface area (Å²) in [6.07, 6.45) is 1.48. The van der Waals surface area contributed by atoms with Crippen LogP contribution >= 0.6 is 0 Å². The Bertz CT molecular complexity index is 339. The number of hydrogen-bond donors (Lipinski definition) is 1. The van der Waals surface area contributed by atoms with Crippen LogP contribution in [0.25, 0.3) is 0 Å². The summed E-state index contributed by atoms with van der Waals surface area (Å²) in [5, 5.41) is 9.14. The molecule has 0 fully saturated rings. The fraction of sp³-hybridized carbons (Fsp3) is 0.600. The standard InChI is InChI=1S/C15H24O3/c1-12(2)11-13-5-7-14(8-6-13)15(17-3,18-4)9-10-16/h5-8,12,16H,9-11H2,1-4H3. The Morgan fingerprint density at radius 1 is 1.11 bits per heavy atom. The zero-order valence-electron chi connectivity index (χ0n) is 11.8. The molecule has 0 amide bonds. The van der Waals surface area contributed by atoms with E-state index in [-0.39, 0.29) is 6.61 Å². The molecule has 1 N–H and O–H groups in total. The zero-order chi connectivity index (χ0) is 13.6. The van der Waals surface area contributed by atoms with E-state index in [4.69, 9.17) is 14.6 Å². The molecule has 0 aliphatic heterocycles. The number of hydrogen-bond acceptors (Lipinski definition) is 3. The van der Waals surface area contributed by atoms with Crippen LogP contribution in [0.1, 0.15) is 31.4 Å². The van der Waals surface area contributed by atoms with Gasteiger partial charge in [0.15, 0.2) is 5.79 Å². The maximum absolute atomic E-state index is 9.14. The van der Waals surface area contributed by atoms with E-state index in [0.717, 1.165) is 12.0 Å². The molecular weight excluding hydrogens is 228 g/mol. The van der Waals surface area contributed by atoms with Crippen molar-refractivity contribution < 1.29 is 14.6 Å². The third-order valence-corrected chi connectivity index (χ3v) is 3.14. The van der Waals surface area contributed by atoms with Crippen LogP contribution < -0.4 is 0 Å². The second-order valence-electron chi connectivity index (χ2n) is 4.93. The first-order valence-electron chi connectivity index (χ1n) is 6.38. The monoisotopic (exact) mass is 252 g/mol. The summed E-state index contributed by atoms with van der Waals surface area (Å²) in [5.41, 5.74) is 2.24. The number of aliphatic hydroxyl groups is 1. The Morgan fingerprint density at radius 3 is 2.06 bits per heavy atom. The molecule has 102 valence electrons. The van der Waals surface area contributed by atoms with Crippen molar-refractivity contribution in [1.29, 1.82) is 0 Å². The molecule has 0 spiro atoms. The smallest absolute Gasteiger partial charge is 0.196 e. The highest BCUT2D eigenvalue weighted by atomic mass is 16.7. The Labute approximate surface area is 110 Å². The molecular formula is C15H24O3. The highest BCUT2D eigenvalue weighted by molar-refractivity contribution is 5.26. The number of rotatable bonds is 7. The molecule has 1 aromatic carbocycles. The van der Waals surface area contributed by atoms with Crippen LogP contribution in [0.15, 0.2) is 24.3 Å². The number of ether oxygens (including phenoxy) is 2. The Balaban J connectivity index is 2.93. The van der Waals surface area contributed by atoms with Crippen molar-refractivity contribution in [3.8, 4) is 0 Å². The molecule has 3 nitrogen and oxygen atoms in total. The van der Waals surface area contributed by atoms with E-state index >= 15 is 0 Å². The van der Waals surface area contributed by atoms with Gasteiger partial charge in [-0.1, -0.05) is 38.1 Å². The van der Waals surface area contributed by atoms with Gasteiger partial charge in [-0.15, -0.1) is 0 Å². The third-order valence-electron chi connectivity index (χ3n) is 3.14. The van der Waals surface area contributed by atoms with E-state index < -0.39 is 5.79 Å². The topological polar surface area (TPSA) is 38.7 Å². The SMILES string of the molecule is COC(CCO)(OC)c1ccc(CC(C)C)cc1. The van der Waals surface area contributed by atoms with Crippen LogP contribution in [0.3, 0.4) is 0 Å². The minimum Gasteiger partial charge on any atom is -0.396 e. The van der Waals surface area contributed by atoms with E-state index in [2.05, 4.69) is 26.0 Å². The minimum absolute atomic E-state index is 0.0232. The summed E-state index contributed by atoms with van der Waals surface area (Å²) in [7, 11) is 3.20. The van der Waals surface area contributed by atoms with Crippen LogP contribution in [0.5, 0.6) is 0 Å². The number of aliphatic hydroxyl groups excluding tert-OH is 1. The van der Waals surface area contributed by atoms with Gasteiger partial charge in [0.1, 0.15) is 0 Å². The fourth-order valence-electron chi connectivity index (χ4n) is 2.18. The molecule has 0 atom stereocenters. The Hall–Kier alpha value is -0.900. The first kappa shape index (κ1) is 15.2. The predicted octanol–water partition coefficient (Wildman–Crippen LogP) is 2.71. The van der Waals surface area contributed by atoms with Crippen molar-refractivity contribution >= 4 is 0 Å². The molecule has 0 saturated carbocycles. The van der Waals surface area contributed by atoms with Gasteiger partial charge in [-0.3, -0.25) is 0 Å². The quantitative estimate of drug-likeness (QED) is 0.758. The predicted molar refractivity (Wildman–Crippen MR) is 72.4 cm³/mol. The lowest BCUT2D eigenvalue weighted by atomic mass is 9.97. The maximum Gasteiger partial charge on any atom is 0.196 e. The summed E-state index contributed by atoms with van der Waals surface area (Å²) in [6.45, 7) is 4.43. The Morgan fingerprint density at radius 2 is 1.67 bits per heavy atom. The molecule has 1 rings (SSSR count). The largest absolute Gasteiger partial charge is 0.396 e. The lowest BCUT2D eigenvalue weighted by Crippen LogP contribution is -2.32. The normalized spacial score (nSPS) is 12.1. The fourth-order valence-corrected chi connectivity index (χ4v) is 2.18. The van der Waals surface area contributed by atoms with E-state index in [1.54, 1.807) is 14.2 Å². The summed E-state index contributed by atoms with van der Waals surface area (Å²) in [6, 6.07) is 8.22. The first-order valence-corrected chi connectivity index (χ1v) is 6.38. The Kier molecular flexibility index (Phi) is 5.79. The van der Waals surface area contributed by atoms with E-state index in [1.807, 2.05) is 12.1 Å². The van der Waals surface area contributed by atoms with Gasteiger partial charge in [0.25, 0.3) is 0 Å². The molecule has 0 aliphatic rings. The maximum atomic E-state index is 9.14. The van der Waals surface area contributed by atoms with Gasteiger partial charge in [0.05, 0.1) is 0 Å². The third kappa shape index (κ3) is 3.55. The van der Waals surface area contributed by atoms with Crippen LogP contribution in [0.2, 0.25) is 0 Å². The summed E-state index contributed by atoms with van der Waals surface area (Å²) >= 11 is 0. The minimum atomic E-state index is -0.842. The molecule has 18 heavy (non-hydrogen) atoms. The zero-order valence-corrected chi connectivity index (χ0v) is 11.8. The molecule has 0 unspecified atom stereocenters. The van der Waals surface area contributed by atoms with Crippen molar-refractivity contribution in [2.45, 2.75) is 32.5 Å². The lowest BCUT2D eigenvalue weighted by Gasteiger charge is -2.30. The van der Waals surface area contributed by atoms with Crippen molar-refractivity contribution in [3.05, 3.63) is 35.4 Å². The van der Waals surface area contributed by atoms with Gasteiger partial charge in [-0.05, 0) is 17.9 Å². The summed E-state index contributed by atoms with van der Waals surface area (Å²) < 4.78 is 10.9. The average Bonchev–Trinajstić information content (AvgIpc) is 2.36. The molecule has 0 saturated heterocycles. The van der Waals surface area contributed by atoms with E-state index in [9.17, 15) is 0 Å². The van der Waals surface area contributed by atoms with Crippen molar-refractivity contribution in [3.63, 3.8) is 0 Å². The molecule has 0 aromatic heterocycles. The summed E-state index contributed by atoms with van der Waals surface area (Å²) in [4.78, 5) is 0. The molecule has 0 bridgehead atoms. The highest BCUT2D eigenvalue weighted by Crippen LogP contribution is 2.30. The summed E-state index contributed by atoms with van der Waals surface area (Å²) in [5.74, 6) is -0.201. The van der Waals surface area contributed by atoms with Crippen LogP contribution in [0.4, 0.5) is 0 Å². The van der Waals surface area contributed by atoms with Gasteiger partial charge >= 0.3 is 0 Å². The molecule has 0 aliphatic carbocycles. The average molecular weight is 252 g/mol.